The van der Waals surface area contributed by atoms with Gasteiger partial charge < -0.3 is 9.84 Å². The molecule has 0 aliphatic rings. The highest BCUT2D eigenvalue weighted by Gasteiger charge is 2.17. The number of allylic oxidation sites excluding steroid dienone is 1. The molecule has 0 aromatic carbocycles. The van der Waals surface area contributed by atoms with Gasteiger partial charge in [-0.2, -0.15) is 0 Å². The molecule has 0 radical (unpaired) electrons. The number of alkyl halides is 1. The molecule has 80 valence electrons. The predicted octanol–water partition coefficient (Wildman–Crippen LogP) is 2.67. The first kappa shape index (κ1) is 14.9. The van der Waals surface area contributed by atoms with E-state index in [0.29, 0.717) is 12.4 Å². The summed E-state index contributed by atoms with van der Waals surface area (Å²) in [6.07, 6.45) is -0.836. The van der Waals surface area contributed by atoms with Crippen LogP contribution in [0.2, 0.25) is 0 Å². The molecule has 0 heterocycles. The molecule has 3 heteroatoms. The third-order valence-electron chi connectivity index (χ3n) is 1.32. The Morgan fingerprint density at radius 3 is 2.23 bits per heavy atom. The molecule has 1 N–H and O–H groups in total. The van der Waals surface area contributed by atoms with E-state index in [2.05, 4.69) is 0 Å². The fourth-order valence-electron chi connectivity index (χ4n) is 0.732. The molecular formula is C10H21FO2. The summed E-state index contributed by atoms with van der Waals surface area (Å²) in [5.41, 5.74) is 0. The van der Waals surface area contributed by atoms with Gasteiger partial charge in [-0.3, -0.25) is 0 Å². The Hall–Kier alpha value is -0.570. The SMILES string of the molecule is C/C=C(\OCC)C(O)C(C)F.CC. The monoisotopic (exact) mass is 192 g/mol. The lowest BCUT2D eigenvalue weighted by Crippen LogP contribution is -2.22. The van der Waals surface area contributed by atoms with Gasteiger partial charge in [-0.15, -0.1) is 0 Å². The molecule has 2 atom stereocenters. The van der Waals surface area contributed by atoms with Crippen molar-refractivity contribution in [1.82, 2.24) is 0 Å². The highest BCUT2D eigenvalue weighted by atomic mass is 19.1. The van der Waals surface area contributed by atoms with Crippen LogP contribution >= 0.6 is 0 Å². The van der Waals surface area contributed by atoms with Crippen LogP contribution in [0.15, 0.2) is 11.8 Å². The maximum atomic E-state index is 12.5. The smallest absolute Gasteiger partial charge is 0.141 e. The predicted molar refractivity (Wildman–Crippen MR) is 53.3 cm³/mol. The molecule has 0 amide bonds. The lowest BCUT2D eigenvalue weighted by molar-refractivity contribution is 0.0548. The zero-order valence-electron chi connectivity index (χ0n) is 9.17. The second-order valence-electron chi connectivity index (χ2n) is 2.25. The molecule has 0 aromatic heterocycles. The maximum absolute atomic E-state index is 12.5. The Kier molecular flexibility index (Phi) is 10.9. The normalized spacial score (nSPS) is 15.5. The van der Waals surface area contributed by atoms with Crippen LogP contribution in [0.3, 0.4) is 0 Å². The molecule has 2 nitrogen and oxygen atoms in total. The molecular weight excluding hydrogens is 171 g/mol. The number of hydrogen-bond donors (Lipinski definition) is 1. The molecule has 0 aromatic rings. The minimum absolute atomic E-state index is 0.308. The molecule has 13 heavy (non-hydrogen) atoms. The summed E-state index contributed by atoms with van der Waals surface area (Å²) in [7, 11) is 0. The highest BCUT2D eigenvalue weighted by molar-refractivity contribution is 5.00. The van der Waals surface area contributed by atoms with Gasteiger partial charge in [-0.05, 0) is 26.8 Å². The topological polar surface area (TPSA) is 29.5 Å². The summed E-state index contributed by atoms with van der Waals surface area (Å²) in [5, 5.41) is 9.15. The average molecular weight is 192 g/mol. The largest absolute Gasteiger partial charge is 0.496 e. The van der Waals surface area contributed by atoms with Gasteiger partial charge >= 0.3 is 0 Å². The van der Waals surface area contributed by atoms with Crippen molar-refractivity contribution in [2.24, 2.45) is 0 Å². The first-order valence-corrected chi connectivity index (χ1v) is 4.74. The van der Waals surface area contributed by atoms with Gasteiger partial charge in [0.05, 0.1) is 6.61 Å². The van der Waals surface area contributed by atoms with E-state index in [1.807, 2.05) is 13.8 Å². The maximum Gasteiger partial charge on any atom is 0.141 e. The van der Waals surface area contributed by atoms with E-state index in [9.17, 15) is 4.39 Å². The van der Waals surface area contributed by atoms with Gasteiger partial charge in [0.1, 0.15) is 18.0 Å². The van der Waals surface area contributed by atoms with E-state index < -0.39 is 12.3 Å². The van der Waals surface area contributed by atoms with Crippen molar-refractivity contribution in [3.63, 3.8) is 0 Å². The second-order valence-corrected chi connectivity index (χ2v) is 2.25. The third kappa shape index (κ3) is 6.58. The molecule has 0 spiro atoms. The second kappa shape index (κ2) is 9.52. The molecule has 0 rings (SSSR count). The molecule has 0 bridgehead atoms. The van der Waals surface area contributed by atoms with Crippen LogP contribution in [-0.2, 0) is 4.74 Å². The minimum Gasteiger partial charge on any atom is -0.496 e. The van der Waals surface area contributed by atoms with Crippen molar-refractivity contribution in [2.75, 3.05) is 6.61 Å². The van der Waals surface area contributed by atoms with Gasteiger partial charge in [0.25, 0.3) is 0 Å². The summed E-state index contributed by atoms with van der Waals surface area (Å²) < 4.78 is 17.5. The molecule has 0 aliphatic carbocycles. The van der Waals surface area contributed by atoms with Crippen LogP contribution < -0.4 is 0 Å². The molecule has 2 unspecified atom stereocenters. The van der Waals surface area contributed by atoms with Crippen LogP contribution in [0.25, 0.3) is 0 Å². The summed E-state index contributed by atoms with van der Waals surface area (Å²) in [6, 6.07) is 0. The van der Waals surface area contributed by atoms with E-state index in [1.165, 1.54) is 6.92 Å². The van der Waals surface area contributed by atoms with E-state index in [1.54, 1.807) is 19.9 Å². The zero-order valence-corrected chi connectivity index (χ0v) is 9.17. The van der Waals surface area contributed by atoms with Gasteiger partial charge in [-0.1, -0.05) is 13.8 Å². The van der Waals surface area contributed by atoms with Crippen LogP contribution in [-0.4, -0.2) is 24.0 Å². The van der Waals surface area contributed by atoms with Crippen molar-refractivity contribution in [3.8, 4) is 0 Å². The van der Waals surface area contributed by atoms with Crippen molar-refractivity contribution in [2.45, 2.75) is 46.9 Å². The molecule has 0 saturated heterocycles. The van der Waals surface area contributed by atoms with Crippen LogP contribution in [0.5, 0.6) is 0 Å². The lowest BCUT2D eigenvalue weighted by atomic mass is 10.2. The number of aliphatic hydroxyl groups excluding tert-OH is 1. The lowest BCUT2D eigenvalue weighted by Gasteiger charge is -2.15. The Labute approximate surface area is 80.4 Å². The number of ether oxygens (including phenoxy) is 1. The summed E-state index contributed by atoms with van der Waals surface area (Å²) in [6.45, 7) is 9.24. The minimum atomic E-state index is -1.28. The van der Waals surface area contributed by atoms with Crippen molar-refractivity contribution in [1.29, 1.82) is 0 Å². The van der Waals surface area contributed by atoms with E-state index in [4.69, 9.17) is 9.84 Å². The van der Waals surface area contributed by atoms with Gasteiger partial charge in [0, 0.05) is 0 Å². The van der Waals surface area contributed by atoms with Crippen molar-refractivity contribution >= 4 is 0 Å². The first-order valence-electron chi connectivity index (χ1n) is 4.74. The Morgan fingerprint density at radius 2 is 2.00 bits per heavy atom. The van der Waals surface area contributed by atoms with Crippen LogP contribution in [0, 0.1) is 0 Å². The van der Waals surface area contributed by atoms with Gasteiger partial charge in [0.2, 0.25) is 0 Å². The van der Waals surface area contributed by atoms with Crippen LogP contribution in [0.4, 0.5) is 4.39 Å². The summed E-state index contributed by atoms with van der Waals surface area (Å²) in [5.74, 6) is 0.308. The molecule has 0 aliphatic heterocycles. The van der Waals surface area contributed by atoms with Crippen molar-refractivity contribution in [3.05, 3.63) is 11.8 Å². The van der Waals surface area contributed by atoms with E-state index in [-0.39, 0.29) is 0 Å². The van der Waals surface area contributed by atoms with E-state index in [0.717, 1.165) is 0 Å². The van der Waals surface area contributed by atoms with Crippen molar-refractivity contribution < 1.29 is 14.2 Å². The third-order valence-corrected chi connectivity index (χ3v) is 1.32. The van der Waals surface area contributed by atoms with Crippen LogP contribution in [0.1, 0.15) is 34.6 Å². The average Bonchev–Trinajstić information content (AvgIpc) is 2.16. The van der Waals surface area contributed by atoms with Gasteiger partial charge in [-0.25, -0.2) is 4.39 Å². The number of halogens is 1. The number of rotatable bonds is 4. The van der Waals surface area contributed by atoms with Gasteiger partial charge in [0.15, 0.2) is 0 Å². The highest BCUT2D eigenvalue weighted by Crippen LogP contribution is 2.10. The Balaban J connectivity index is 0. The Morgan fingerprint density at radius 1 is 1.54 bits per heavy atom. The summed E-state index contributed by atoms with van der Waals surface area (Å²) in [4.78, 5) is 0. The fraction of sp³-hybridized carbons (Fsp3) is 0.800. The fourth-order valence-corrected chi connectivity index (χ4v) is 0.732. The molecule has 0 fully saturated rings. The first-order chi connectivity index (χ1) is 6.13. The zero-order chi connectivity index (χ0) is 10.9. The summed E-state index contributed by atoms with van der Waals surface area (Å²) >= 11 is 0. The standard InChI is InChI=1S/C8H15FO2.C2H6/c1-4-7(11-5-2)8(10)6(3)9;1-2/h4,6,8,10H,5H2,1-3H3;1-2H3/b7-4-;. The Bertz CT molecular complexity index is 133. The quantitative estimate of drug-likeness (QED) is 0.694. The van der Waals surface area contributed by atoms with E-state index >= 15 is 0 Å². The number of hydrogen-bond acceptors (Lipinski definition) is 2. The molecule has 0 saturated carbocycles. The number of aliphatic hydroxyl groups is 1.